The number of nitrogens with zero attached hydrogens (tertiary/aromatic N) is 3. The average molecular weight is 211 g/mol. The molecule has 0 bridgehead atoms. The molecule has 1 aromatic rings. The van der Waals surface area contributed by atoms with Gasteiger partial charge < -0.3 is 11.1 Å². The van der Waals surface area contributed by atoms with Crippen molar-refractivity contribution in [1.82, 2.24) is 20.3 Å². The molecule has 0 radical (unpaired) electrons. The first-order valence-corrected chi connectivity index (χ1v) is 5.06. The third kappa shape index (κ3) is 4.07. The fraction of sp³-hybridized carbons (Fsp3) is 0.667. The zero-order valence-electron chi connectivity index (χ0n) is 8.94. The van der Waals surface area contributed by atoms with E-state index < -0.39 is 0 Å². The van der Waals surface area contributed by atoms with E-state index in [1.807, 2.05) is 0 Å². The Hall–Kier alpha value is -1.43. The number of amides is 1. The number of carbonyl (C=O) groups is 1. The number of nitrogens with two attached hydrogens (primary N) is 1. The predicted octanol–water partition coefficient (Wildman–Crippen LogP) is -0.694. The summed E-state index contributed by atoms with van der Waals surface area (Å²) in [5.74, 6) is -0.0755. The summed E-state index contributed by atoms with van der Waals surface area (Å²) in [6, 6.07) is 0. The highest BCUT2D eigenvalue weighted by atomic mass is 16.1. The molecule has 1 heterocycles. The summed E-state index contributed by atoms with van der Waals surface area (Å²) in [7, 11) is 1.60. The van der Waals surface area contributed by atoms with Gasteiger partial charge in [-0.15, -0.1) is 5.10 Å². The van der Waals surface area contributed by atoms with Crippen molar-refractivity contribution in [2.75, 3.05) is 13.6 Å². The van der Waals surface area contributed by atoms with Gasteiger partial charge in [0.15, 0.2) is 0 Å². The Labute approximate surface area is 88.8 Å². The van der Waals surface area contributed by atoms with Gasteiger partial charge in [0.1, 0.15) is 6.54 Å². The summed E-state index contributed by atoms with van der Waals surface area (Å²) in [6.07, 6.45) is 4.66. The highest BCUT2D eigenvalue weighted by molar-refractivity contribution is 5.75. The lowest BCUT2D eigenvalue weighted by Gasteiger charge is -1.97. The fourth-order valence-corrected chi connectivity index (χ4v) is 1.21. The molecule has 0 fully saturated rings. The lowest BCUT2D eigenvalue weighted by Crippen LogP contribution is -2.23. The summed E-state index contributed by atoms with van der Waals surface area (Å²) in [6.45, 7) is 0.923. The number of hydrogen-bond donors (Lipinski definition) is 2. The van der Waals surface area contributed by atoms with Crippen LogP contribution in [0.2, 0.25) is 0 Å². The molecule has 1 aromatic heterocycles. The number of aryl methyl sites for hydroxylation is 1. The van der Waals surface area contributed by atoms with E-state index in [9.17, 15) is 4.79 Å². The minimum absolute atomic E-state index is 0.0755. The summed E-state index contributed by atoms with van der Waals surface area (Å²) in [5, 5.41) is 10.4. The van der Waals surface area contributed by atoms with Crippen LogP contribution in [0.1, 0.15) is 18.5 Å². The average Bonchev–Trinajstić information content (AvgIpc) is 2.66. The molecule has 0 saturated heterocycles. The Morgan fingerprint density at radius 2 is 2.40 bits per heavy atom. The molecule has 0 aliphatic carbocycles. The third-order valence-electron chi connectivity index (χ3n) is 2.06. The molecule has 0 atom stereocenters. The maximum Gasteiger partial charge on any atom is 0.241 e. The van der Waals surface area contributed by atoms with Gasteiger partial charge in [-0.05, 0) is 25.8 Å². The number of likely N-dealkylation sites (N-methyl/N-ethyl adjacent to an activating group) is 1. The Bertz CT molecular complexity index is 309. The van der Waals surface area contributed by atoms with E-state index in [1.54, 1.807) is 13.2 Å². The van der Waals surface area contributed by atoms with Crippen molar-refractivity contribution >= 4 is 5.91 Å². The van der Waals surface area contributed by atoms with E-state index in [4.69, 9.17) is 5.73 Å². The summed E-state index contributed by atoms with van der Waals surface area (Å²) < 4.78 is 1.54. The van der Waals surface area contributed by atoms with Gasteiger partial charge in [0, 0.05) is 13.2 Å². The molecule has 3 N–H and O–H groups in total. The number of carbonyl (C=O) groups excluding carboxylic acids is 1. The highest BCUT2D eigenvalue weighted by Crippen LogP contribution is 1.99. The van der Waals surface area contributed by atoms with Crippen LogP contribution in [-0.4, -0.2) is 34.5 Å². The number of aromatic nitrogens is 3. The molecule has 0 aliphatic heterocycles. The zero-order chi connectivity index (χ0) is 11.1. The minimum atomic E-state index is -0.0755. The van der Waals surface area contributed by atoms with Gasteiger partial charge in [0.25, 0.3) is 0 Å². The van der Waals surface area contributed by atoms with Crippen LogP contribution in [0.5, 0.6) is 0 Å². The van der Waals surface area contributed by atoms with E-state index in [1.165, 1.54) is 4.68 Å². The second-order valence-corrected chi connectivity index (χ2v) is 3.33. The van der Waals surface area contributed by atoms with Crippen molar-refractivity contribution < 1.29 is 4.79 Å². The minimum Gasteiger partial charge on any atom is -0.358 e. The van der Waals surface area contributed by atoms with E-state index in [0.717, 1.165) is 25.0 Å². The molecule has 6 nitrogen and oxygen atoms in total. The first-order valence-electron chi connectivity index (χ1n) is 5.06. The molecular weight excluding hydrogens is 194 g/mol. The molecule has 0 aliphatic rings. The van der Waals surface area contributed by atoms with Crippen molar-refractivity contribution in [2.45, 2.75) is 25.8 Å². The van der Waals surface area contributed by atoms with Crippen molar-refractivity contribution in [3.8, 4) is 0 Å². The van der Waals surface area contributed by atoms with Crippen LogP contribution in [0.15, 0.2) is 6.20 Å². The van der Waals surface area contributed by atoms with Crippen LogP contribution in [0, 0.1) is 0 Å². The first kappa shape index (κ1) is 11.6. The van der Waals surface area contributed by atoms with Crippen LogP contribution in [0.4, 0.5) is 0 Å². The summed E-state index contributed by atoms with van der Waals surface area (Å²) >= 11 is 0. The molecule has 15 heavy (non-hydrogen) atoms. The Balaban J connectivity index is 2.38. The zero-order valence-corrected chi connectivity index (χ0v) is 8.94. The summed E-state index contributed by atoms with van der Waals surface area (Å²) in [4.78, 5) is 11.0. The molecule has 84 valence electrons. The van der Waals surface area contributed by atoms with E-state index in [2.05, 4.69) is 15.6 Å². The van der Waals surface area contributed by atoms with Gasteiger partial charge in [-0.3, -0.25) is 4.79 Å². The normalized spacial score (nSPS) is 10.3. The van der Waals surface area contributed by atoms with Crippen molar-refractivity contribution in [3.63, 3.8) is 0 Å². The predicted molar refractivity (Wildman–Crippen MR) is 56.1 cm³/mol. The van der Waals surface area contributed by atoms with Crippen LogP contribution in [0.25, 0.3) is 0 Å². The second-order valence-electron chi connectivity index (χ2n) is 3.33. The number of hydrogen-bond acceptors (Lipinski definition) is 4. The van der Waals surface area contributed by atoms with E-state index >= 15 is 0 Å². The maximum absolute atomic E-state index is 11.0. The SMILES string of the molecule is CNC(=O)Cn1cc(CCCCN)nn1. The lowest BCUT2D eigenvalue weighted by atomic mass is 10.2. The van der Waals surface area contributed by atoms with Crippen molar-refractivity contribution in [1.29, 1.82) is 0 Å². The van der Waals surface area contributed by atoms with E-state index in [-0.39, 0.29) is 12.5 Å². The highest BCUT2D eigenvalue weighted by Gasteiger charge is 2.03. The third-order valence-corrected chi connectivity index (χ3v) is 2.06. The molecular formula is C9H17N5O. The van der Waals surface area contributed by atoms with Crippen molar-refractivity contribution in [2.24, 2.45) is 5.73 Å². The smallest absolute Gasteiger partial charge is 0.241 e. The monoisotopic (exact) mass is 211 g/mol. The molecule has 1 amide bonds. The number of rotatable bonds is 6. The number of unbranched alkanes of at least 4 members (excludes halogenated alkanes) is 1. The Morgan fingerprint density at radius 1 is 1.60 bits per heavy atom. The fourth-order valence-electron chi connectivity index (χ4n) is 1.21. The molecule has 0 saturated carbocycles. The standard InChI is InChI=1S/C9H17N5O/c1-11-9(15)7-14-6-8(12-13-14)4-2-3-5-10/h6H,2-5,7,10H2,1H3,(H,11,15). The van der Waals surface area contributed by atoms with Gasteiger partial charge in [-0.25, -0.2) is 4.68 Å². The Morgan fingerprint density at radius 3 is 3.07 bits per heavy atom. The summed E-state index contributed by atoms with van der Waals surface area (Å²) in [5.41, 5.74) is 6.30. The molecule has 0 aromatic carbocycles. The van der Waals surface area contributed by atoms with Gasteiger partial charge in [0.2, 0.25) is 5.91 Å². The Kier molecular flexibility index (Phi) is 4.76. The van der Waals surface area contributed by atoms with Gasteiger partial charge in [0.05, 0.1) is 5.69 Å². The van der Waals surface area contributed by atoms with Crippen LogP contribution < -0.4 is 11.1 Å². The van der Waals surface area contributed by atoms with Gasteiger partial charge in [-0.1, -0.05) is 5.21 Å². The quantitative estimate of drug-likeness (QED) is 0.610. The first-order chi connectivity index (χ1) is 7.26. The number of nitrogens with one attached hydrogen (secondary N) is 1. The van der Waals surface area contributed by atoms with Crippen molar-refractivity contribution in [3.05, 3.63) is 11.9 Å². The largest absolute Gasteiger partial charge is 0.358 e. The van der Waals surface area contributed by atoms with Gasteiger partial charge >= 0.3 is 0 Å². The lowest BCUT2D eigenvalue weighted by molar-refractivity contribution is -0.121. The van der Waals surface area contributed by atoms with Crippen LogP contribution >= 0.6 is 0 Å². The molecule has 0 spiro atoms. The van der Waals surface area contributed by atoms with Crippen LogP contribution in [0.3, 0.4) is 0 Å². The van der Waals surface area contributed by atoms with Gasteiger partial charge in [-0.2, -0.15) is 0 Å². The topological polar surface area (TPSA) is 85.8 Å². The van der Waals surface area contributed by atoms with Crippen LogP contribution in [-0.2, 0) is 17.8 Å². The molecule has 1 rings (SSSR count). The maximum atomic E-state index is 11.0. The van der Waals surface area contributed by atoms with E-state index in [0.29, 0.717) is 6.54 Å². The molecule has 0 unspecified atom stereocenters. The molecule has 6 heteroatoms. The second kappa shape index (κ2) is 6.13.